The second kappa shape index (κ2) is 2.68. The molecule has 0 radical (unpaired) electrons. The van der Waals surface area contributed by atoms with Gasteiger partial charge in [-0.25, -0.2) is 4.98 Å². The summed E-state index contributed by atoms with van der Waals surface area (Å²) in [7, 11) is 0. The second-order valence-electron chi connectivity index (χ2n) is 2.49. The molecular formula is C8H7ClN2O. The molecule has 0 unspecified atom stereocenters. The minimum absolute atomic E-state index is 0.181. The zero-order chi connectivity index (χ0) is 8.55. The lowest BCUT2D eigenvalue weighted by atomic mass is 10.3. The molecule has 1 heterocycles. The van der Waals surface area contributed by atoms with Crippen LogP contribution in [0, 0.1) is 0 Å². The number of imidazole rings is 1. The van der Waals surface area contributed by atoms with Crippen LogP contribution in [0.3, 0.4) is 0 Å². The minimum atomic E-state index is 0.181. The van der Waals surface area contributed by atoms with Crippen molar-refractivity contribution in [2.75, 3.05) is 0 Å². The largest absolute Gasteiger partial charge is 0.506 e. The van der Waals surface area contributed by atoms with Gasteiger partial charge >= 0.3 is 0 Å². The molecule has 0 amide bonds. The van der Waals surface area contributed by atoms with Gasteiger partial charge in [-0.3, -0.25) is 0 Å². The molecule has 3 nitrogen and oxygen atoms in total. The van der Waals surface area contributed by atoms with Crippen LogP contribution in [0.1, 0.15) is 5.82 Å². The number of aromatic amines is 1. The summed E-state index contributed by atoms with van der Waals surface area (Å²) < 4.78 is 0. The molecule has 12 heavy (non-hydrogen) atoms. The van der Waals surface area contributed by atoms with Crippen LogP contribution in [-0.2, 0) is 5.88 Å². The quantitative estimate of drug-likeness (QED) is 0.663. The molecule has 0 saturated heterocycles. The van der Waals surface area contributed by atoms with Crippen molar-refractivity contribution in [1.82, 2.24) is 9.97 Å². The molecule has 2 N–H and O–H groups in total. The van der Waals surface area contributed by atoms with Gasteiger partial charge in [0, 0.05) is 0 Å². The Balaban J connectivity index is 2.74. The number of H-pyrrole nitrogens is 1. The molecule has 1 aromatic carbocycles. The zero-order valence-corrected chi connectivity index (χ0v) is 6.97. The van der Waals surface area contributed by atoms with Gasteiger partial charge in [-0.15, -0.1) is 11.6 Å². The number of para-hydroxylation sites is 1. The number of hydrogen-bond donors (Lipinski definition) is 2. The zero-order valence-electron chi connectivity index (χ0n) is 6.21. The number of fused-ring (bicyclic) bond motifs is 1. The van der Waals surface area contributed by atoms with Crippen LogP contribution in [0.25, 0.3) is 11.0 Å². The summed E-state index contributed by atoms with van der Waals surface area (Å²) in [6.45, 7) is 0. The Hall–Kier alpha value is -1.22. The van der Waals surface area contributed by atoms with Gasteiger partial charge in [-0.1, -0.05) is 6.07 Å². The standard InChI is InChI=1S/C8H7ClN2O/c9-4-7-10-5-2-1-3-6(12)8(5)11-7/h1-3,12H,4H2,(H,10,11). The van der Waals surface area contributed by atoms with Gasteiger partial charge in [0.1, 0.15) is 17.1 Å². The lowest BCUT2D eigenvalue weighted by molar-refractivity contribution is 0.480. The molecule has 2 aromatic rings. The van der Waals surface area contributed by atoms with E-state index in [0.29, 0.717) is 17.2 Å². The number of aromatic nitrogens is 2. The maximum atomic E-state index is 9.35. The van der Waals surface area contributed by atoms with Crippen molar-refractivity contribution in [3.8, 4) is 5.75 Å². The first-order valence-electron chi connectivity index (χ1n) is 3.54. The number of aromatic hydroxyl groups is 1. The maximum absolute atomic E-state index is 9.35. The number of phenolic OH excluding ortho intramolecular Hbond substituents is 1. The fraction of sp³-hybridized carbons (Fsp3) is 0.125. The van der Waals surface area contributed by atoms with Crippen molar-refractivity contribution in [3.63, 3.8) is 0 Å². The Morgan fingerprint density at radius 2 is 2.33 bits per heavy atom. The number of nitrogens with one attached hydrogen (secondary N) is 1. The van der Waals surface area contributed by atoms with E-state index in [9.17, 15) is 5.11 Å². The molecule has 4 heteroatoms. The summed E-state index contributed by atoms with van der Waals surface area (Å²) in [5.74, 6) is 1.18. The number of rotatable bonds is 1. The molecule has 1 aromatic heterocycles. The third-order valence-corrected chi connectivity index (χ3v) is 1.92. The van der Waals surface area contributed by atoms with E-state index in [0.717, 1.165) is 5.52 Å². The van der Waals surface area contributed by atoms with E-state index in [-0.39, 0.29) is 5.75 Å². The molecule has 0 saturated carbocycles. The molecular weight excluding hydrogens is 176 g/mol. The molecule has 0 atom stereocenters. The van der Waals surface area contributed by atoms with Crippen LogP contribution in [-0.4, -0.2) is 15.1 Å². The number of phenols is 1. The van der Waals surface area contributed by atoms with E-state index in [2.05, 4.69) is 9.97 Å². The van der Waals surface area contributed by atoms with Gasteiger partial charge in [0.15, 0.2) is 0 Å². The lowest BCUT2D eigenvalue weighted by Crippen LogP contribution is -1.77. The maximum Gasteiger partial charge on any atom is 0.143 e. The molecule has 0 aliphatic carbocycles. The topological polar surface area (TPSA) is 48.9 Å². The highest BCUT2D eigenvalue weighted by Gasteiger charge is 2.04. The van der Waals surface area contributed by atoms with Crippen molar-refractivity contribution < 1.29 is 5.11 Å². The van der Waals surface area contributed by atoms with Crippen molar-refractivity contribution in [3.05, 3.63) is 24.0 Å². The smallest absolute Gasteiger partial charge is 0.143 e. The molecule has 62 valence electrons. The van der Waals surface area contributed by atoms with Gasteiger partial charge in [0.05, 0.1) is 11.4 Å². The number of alkyl halides is 1. The van der Waals surface area contributed by atoms with Crippen LogP contribution < -0.4 is 0 Å². The highest BCUT2D eigenvalue weighted by atomic mass is 35.5. The molecule has 0 spiro atoms. The van der Waals surface area contributed by atoms with E-state index in [1.54, 1.807) is 12.1 Å². The monoisotopic (exact) mass is 182 g/mol. The molecule has 0 aliphatic rings. The first-order chi connectivity index (χ1) is 5.81. The average molecular weight is 183 g/mol. The molecule has 0 fully saturated rings. The molecule has 0 bridgehead atoms. The third-order valence-electron chi connectivity index (χ3n) is 1.67. The van der Waals surface area contributed by atoms with E-state index in [1.165, 1.54) is 0 Å². The van der Waals surface area contributed by atoms with E-state index in [4.69, 9.17) is 11.6 Å². The van der Waals surface area contributed by atoms with Crippen LogP contribution in [0.5, 0.6) is 5.75 Å². The number of hydrogen-bond acceptors (Lipinski definition) is 2. The Kier molecular flexibility index (Phi) is 1.66. The van der Waals surface area contributed by atoms with Crippen molar-refractivity contribution in [2.45, 2.75) is 5.88 Å². The SMILES string of the molecule is Oc1cccc2[nH]c(CCl)nc12. The highest BCUT2D eigenvalue weighted by Crippen LogP contribution is 2.21. The average Bonchev–Trinajstić information content (AvgIpc) is 2.49. The highest BCUT2D eigenvalue weighted by molar-refractivity contribution is 6.16. The molecule has 2 rings (SSSR count). The summed E-state index contributed by atoms with van der Waals surface area (Å²) in [6, 6.07) is 5.20. The van der Waals surface area contributed by atoms with Crippen LogP contribution in [0.4, 0.5) is 0 Å². The predicted molar refractivity (Wildman–Crippen MR) is 47.3 cm³/mol. The van der Waals surface area contributed by atoms with E-state index in [1.807, 2.05) is 6.07 Å². The van der Waals surface area contributed by atoms with Crippen LogP contribution in [0.15, 0.2) is 18.2 Å². The van der Waals surface area contributed by atoms with Gasteiger partial charge in [-0.05, 0) is 12.1 Å². The van der Waals surface area contributed by atoms with Crippen LogP contribution >= 0.6 is 11.6 Å². The Bertz CT molecular complexity index is 410. The first kappa shape index (κ1) is 7.43. The molecule has 0 aliphatic heterocycles. The normalized spacial score (nSPS) is 10.8. The first-order valence-corrected chi connectivity index (χ1v) is 4.07. The van der Waals surface area contributed by atoms with Crippen molar-refractivity contribution >= 4 is 22.6 Å². The van der Waals surface area contributed by atoms with Crippen molar-refractivity contribution in [2.24, 2.45) is 0 Å². The number of halogens is 1. The summed E-state index contributed by atoms with van der Waals surface area (Å²) >= 11 is 5.58. The summed E-state index contributed by atoms with van der Waals surface area (Å²) in [5.41, 5.74) is 1.39. The Morgan fingerprint density at radius 1 is 1.50 bits per heavy atom. The summed E-state index contributed by atoms with van der Waals surface area (Å²) in [4.78, 5) is 7.08. The second-order valence-corrected chi connectivity index (χ2v) is 2.76. The van der Waals surface area contributed by atoms with Gasteiger partial charge in [0.2, 0.25) is 0 Å². The third kappa shape index (κ3) is 1.02. The number of nitrogens with zero attached hydrogens (tertiary/aromatic N) is 1. The van der Waals surface area contributed by atoms with E-state index >= 15 is 0 Å². The number of benzene rings is 1. The fourth-order valence-corrected chi connectivity index (χ4v) is 1.26. The summed E-state index contributed by atoms with van der Waals surface area (Å²) in [6.07, 6.45) is 0. The Morgan fingerprint density at radius 3 is 3.00 bits per heavy atom. The minimum Gasteiger partial charge on any atom is -0.506 e. The summed E-state index contributed by atoms with van der Waals surface area (Å²) in [5, 5.41) is 9.35. The van der Waals surface area contributed by atoms with Gasteiger partial charge < -0.3 is 10.1 Å². The fourth-order valence-electron chi connectivity index (χ4n) is 1.13. The van der Waals surface area contributed by atoms with Gasteiger partial charge in [-0.2, -0.15) is 0 Å². The Labute approximate surface area is 74.0 Å². The van der Waals surface area contributed by atoms with Crippen LogP contribution in [0.2, 0.25) is 0 Å². The van der Waals surface area contributed by atoms with Crippen molar-refractivity contribution in [1.29, 1.82) is 0 Å². The van der Waals surface area contributed by atoms with Gasteiger partial charge in [0.25, 0.3) is 0 Å². The predicted octanol–water partition coefficient (Wildman–Crippen LogP) is 2.01. The van der Waals surface area contributed by atoms with E-state index < -0.39 is 0 Å². The lowest BCUT2D eigenvalue weighted by Gasteiger charge is -1.89.